The molecule has 0 unspecified atom stereocenters. The van der Waals surface area contributed by atoms with Gasteiger partial charge in [-0.25, -0.2) is 0 Å². The van der Waals surface area contributed by atoms with Crippen LogP contribution in [0.4, 0.5) is 18.9 Å². The van der Waals surface area contributed by atoms with Gasteiger partial charge in [-0.05, 0) is 81.9 Å². The molecular weight excluding hydrogens is 578 g/mol. The van der Waals surface area contributed by atoms with Crippen LogP contribution in [0.15, 0.2) is 65.2 Å². The van der Waals surface area contributed by atoms with E-state index in [4.69, 9.17) is 32.7 Å². The Bertz CT molecular complexity index is 1350. The summed E-state index contributed by atoms with van der Waals surface area (Å²) in [6, 6.07) is 12.9. The lowest BCUT2D eigenvalue weighted by Crippen LogP contribution is -2.29. The van der Waals surface area contributed by atoms with Gasteiger partial charge in [0, 0.05) is 27.2 Å². The zero-order valence-electron chi connectivity index (χ0n) is 19.0. The Morgan fingerprint density at radius 1 is 1.08 bits per heavy atom. The molecule has 188 valence electrons. The van der Waals surface area contributed by atoms with E-state index in [1.54, 1.807) is 25.3 Å². The van der Waals surface area contributed by atoms with Crippen LogP contribution in [-0.4, -0.2) is 7.11 Å². The molecule has 3 aromatic carbocycles. The van der Waals surface area contributed by atoms with Gasteiger partial charge in [0.2, 0.25) is 0 Å². The second-order valence-electron chi connectivity index (χ2n) is 8.83. The third-order valence-electron chi connectivity index (χ3n) is 6.69. The van der Waals surface area contributed by atoms with E-state index in [9.17, 15) is 13.2 Å². The van der Waals surface area contributed by atoms with Crippen molar-refractivity contribution in [3.05, 3.63) is 97.5 Å². The van der Waals surface area contributed by atoms with Crippen LogP contribution in [0.25, 0.3) is 0 Å². The first-order valence-corrected chi connectivity index (χ1v) is 12.8. The summed E-state index contributed by atoms with van der Waals surface area (Å²) in [5.74, 6) is 1.02. The number of anilines is 1. The van der Waals surface area contributed by atoms with Crippen molar-refractivity contribution in [1.82, 2.24) is 0 Å². The summed E-state index contributed by atoms with van der Waals surface area (Å²) < 4.78 is 52.4. The molecule has 0 bridgehead atoms. The number of benzene rings is 3. The highest BCUT2D eigenvalue weighted by atomic mass is 79.9. The zero-order valence-corrected chi connectivity index (χ0v) is 22.1. The number of hydrogen-bond acceptors (Lipinski definition) is 3. The quantitative estimate of drug-likeness (QED) is 0.297. The largest absolute Gasteiger partial charge is 0.493 e. The molecular formula is C27H21BrCl2F3NO2. The molecule has 3 atom stereocenters. The molecule has 1 aliphatic heterocycles. The smallest absolute Gasteiger partial charge is 0.416 e. The number of nitrogens with one attached hydrogen (secondary N) is 1. The first-order valence-electron chi connectivity index (χ1n) is 11.2. The molecule has 1 N–H and O–H groups in total. The van der Waals surface area contributed by atoms with Gasteiger partial charge in [-0.1, -0.05) is 41.4 Å². The van der Waals surface area contributed by atoms with Crippen LogP contribution in [0, 0.1) is 5.92 Å². The normalized spacial score (nSPS) is 20.5. The number of allylic oxidation sites excluding steroid dienone is 2. The summed E-state index contributed by atoms with van der Waals surface area (Å²) in [6.07, 6.45) is 0.426. The van der Waals surface area contributed by atoms with Crippen molar-refractivity contribution in [1.29, 1.82) is 0 Å². The Morgan fingerprint density at radius 3 is 2.61 bits per heavy atom. The van der Waals surface area contributed by atoms with E-state index in [0.29, 0.717) is 37.3 Å². The Hall–Kier alpha value is -2.35. The van der Waals surface area contributed by atoms with E-state index in [2.05, 4.69) is 21.2 Å². The molecule has 36 heavy (non-hydrogen) atoms. The molecule has 3 nitrogen and oxygen atoms in total. The lowest BCUT2D eigenvalue weighted by molar-refractivity contribution is -0.137. The lowest BCUT2D eigenvalue weighted by atomic mass is 9.76. The van der Waals surface area contributed by atoms with Crippen molar-refractivity contribution in [3.8, 4) is 11.5 Å². The maximum atomic E-state index is 13.3. The summed E-state index contributed by atoms with van der Waals surface area (Å²) in [4.78, 5) is 0. The number of halogens is 6. The minimum atomic E-state index is -4.38. The van der Waals surface area contributed by atoms with Crippen LogP contribution in [0.3, 0.4) is 0 Å². The average molecular weight is 599 g/mol. The highest BCUT2D eigenvalue weighted by molar-refractivity contribution is 9.10. The second-order valence-corrected chi connectivity index (χ2v) is 10.5. The molecule has 2 aliphatic rings. The monoisotopic (exact) mass is 597 g/mol. The first-order chi connectivity index (χ1) is 17.2. The fourth-order valence-corrected chi connectivity index (χ4v) is 5.99. The summed E-state index contributed by atoms with van der Waals surface area (Å²) in [6.45, 7) is 0.218. The van der Waals surface area contributed by atoms with Gasteiger partial charge in [-0.3, -0.25) is 0 Å². The van der Waals surface area contributed by atoms with Gasteiger partial charge in [0.25, 0.3) is 0 Å². The topological polar surface area (TPSA) is 30.5 Å². The van der Waals surface area contributed by atoms with Crippen LogP contribution >= 0.6 is 39.1 Å². The molecule has 1 heterocycles. The molecule has 0 fully saturated rings. The predicted molar refractivity (Wildman–Crippen MR) is 139 cm³/mol. The molecule has 9 heteroatoms. The number of fused-ring (bicyclic) bond motifs is 3. The zero-order chi connectivity index (χ0) is 25.6. The summed E-state index contributed by atoms with van der Waals surface area (Å²) >= 11 is 15.9. The molecule has 0 aromatic heterocycles. The van der Waals surface area contributed by atoms with E-state index in [1.807, 2.05) is 24.3 Å². The van der Waals surface area contributed by atoms with Gasteiger partial charge >= 0.3 is 6.18 Å². The van der Waals surface area contributed by atoms with Gasteiger partial charge < -0.3 is 14.8 Å². The lowest BCUT2D eigenvalue weighted by Gasteiger charge is -2.38. The van der Waals surface area contributed by atoms with Crippen LogP contribution in [0.1, 0.15) is 40.6 Å². The standard InChI is InChI=1S/C27H21BrCl2F3NO2/c1-35-24-10-15(9-21(28)26(24)36-13-14-5-7-17(29)12-22(14)30)25-19-4-2-3-18(19)20-11-16(27(31,32)33)6-8-23(20)34-25/h2-3,5-12,18-19,25,34H,4,13H2,1H3/t18-,19+,25+/m0/s1. The summed E-state index contributed by atoms with van der Waals surface area (Å²) in [5.41, 5.74) is 2.47. The van der Waals surface area contributed by atoms with Crippen LogP contribution in [0.5, 0.6) is 11.5 Å². The number of ether oxygens (including phenoxy) is 2. The number of alkyl halides is 3. The molecule has 0 spiro atoms. The number of rotatable bonds is 5. The van der Waals surface area contributed by atoms with E-state index < -0.39 is 11.7 Å². The number of methoxy groups -OCH3 is 1. The van der Waals surface area contributed by atoms with Crippen LogP contribution in [-0.2, 0) is 12.8 Å². The maximum Gasteiger partial charge on any atom is 0.416 e. The van der Waals surface area contributed by atoms with E-state index in [-0.39, 0.29) is 24.5 Å². The maximum absolute atomic E-state index is 13.3. The molecule has 1 aliphatic carbocycles. The minimum absolute atomic E-state index is 0.0669. The van der Waals surface area contributed by atoms with Crippen molar-refractivity contribution in [2.75, 3.05) is 12.4 Å². The molecule has 0 saturated carbocycles. The Morgan fingerprint density at radius 2 is 1.89 bits per heavy atom. The molecule has 5 rings (SSSR count). The molecule has 3 aromatic rings. The molecule has 0 saturated heterocycles. The Balaban J connectivity index is 1.45. The van der Waals surface area contributed by atoms with Crippen molar-refractivity contribution in [3.63, 3.8) is 0 Å². The van der Waals surface area contributed by atoms with Crippen molar-refractivity contribution in [2.24, 2.45) is 5.92 Å². The highest BCUT2D eigenvalue weighted by Gasteiger charge is 2.40. The van der Waals surface area contributed by atoms with Crippen LogP contribution in [0.2, 0.25) is 10.0 Å². The van der Waals surface area contributed by atoms with Gasteiger partial charge in [0.1, 0.15) is 6.61 Å². The summed E-state index contributed by atoms with van der Waals surface area (Å²) in [7, 11) is 1.57. The highest BCUT2D eigenvalue weighted by Crippen LogP contribution is 2.52. The average Bonchev–Trinajstić information content (AvgIpc) is 3.33. The van der Waals surface area contributed by atoms with E-state index in [1.165, 1.54) is 12.1 Å². The van der Waals surface area contributed by atoms with Gasteiger partial charge in [0.05, 0.1) is 23.2 Å². The SMILES string of the molecule is COc1cc([C@H]2Nc3ccc(C(F)(F)F)cc3[C@H]3C=CC[C@H]32)cc(Br)c1OCc1ccc(Cl)cc1Cl. The first kappa shape index (κ1) is 25.3. The fourth-order valence-electron chi connectivity index (χ4n) is 4.95. The molecule has 0 radical (unpaired) electrons. The van der Waals surface area contributed by atoms with E-state index in [0.717, 1.165) is 23.6 Å². The Labute approximate surface area is 225 Å². The van der Waals surface area contributed by atoms with Crippen molar-refractivity contribution in [2.45, 2.75) is 31.2 Å². The van der Waals surface area contributed by atoms with Gasteiger partial charge in [0.15, 0.2) is 11.5 Å². The summed E-state index contributed by atoms with van der Waals surface area (Å²) in [5, 5.41) is 4.53. The van der Waals surface area contributed by atoms with E-state index >= 15 is 0 Å². The Kier molecular flexibility index (Phi) is 6.92. The van der Waals surface area contributed by atoms with Crippen molar-refractivity contribution >= 4 is 44.8 Å². The fraction of sp³-hybridized carbons (Fsp3) is 0.259. The van der Waals surface area contributed by atoms with Crippen molar-refractivity contribution < 1.29 is 22.6 Å². The predicted octanol–water partition coefficient (Wildman–Crippen LogP) is 9.19. The second kappa shape index (κ2) is 9.84. The number of hydrogen-bond donors (Lipinski definition) is 1. The third kappa shape index (κ3) is 4.81. The minimum Gasteiger partial charge on any atom is -0.493 e. The third-order valence-corrected chi connectivity index (χ3v) is 7.86. The van der Waals surface area contributed by atoms with Gasteiger partial charge in [-0.2, -0.15) is 13.2 Å². The van der Waals surface area contributed by atoms with Gasteiger partial charge in [-0.15, -0.1) is 0 Å². The van der Waals surface area contributed by atoms with Crippen LogP contribution < -0.4 is 14.8 Å². The molecule has 0 amide bonds.